The minimum absolute atomic E-state index is 0. The van der Waals surface area contributed by atoms with Crippen molar-refractivity contribution in [3.8, 4) is 27.8 Å². The number of aromatic nitrogens is 1. The number of fused-ring (bicyclic) bond motifs is 1. The maximum Gasteiger partial charge on any atom is 0.196 e. The summed E-state index contributed by atoms with van der Waals surface area (Å²) >= 11 is 1.61. The molecule has 32 heavy (non-hydrogen) atoms. The molecule has 1 aliphatic heterocycles. The van der Waals surface area contributed by atoms with Crippen LogP contribution in [0.2, 0.25) is 0 Å². The lowest BCUT2D eigenvalue weighted by Gasteiger charge is -2.13. The summed E-state index contributed by atoms with van der Waals surface area (Å²) in [6, 6.07) is 13.7. The van der Waals surface area contributed by atoms with Gasteiger partial charge in [-0.25, -0.2) is 9.98 Å². The Hall–Kier alpha value is -2.53. The lowest BCUT2D eigenvalue weighted by molar-refractivity contribution is 0.297. The Kier molecular flexibility index (Phi) is 8.98. The Morgan fingerprint density at radius 3 is 2.66 bits per heavy atom. The van der Waals surface area contributed by atoms with E-state index in [0.29, 0.717) is 25.7 Å². The van der Waals surface area contributed by atoms with E-state index in [-0.39, 0.29) is 24.0 Å². The highest BCUT2D eigenvalue weighted by molar-refractivity contribution is 14.0. The van der Waals surface area contributed by atoms with E-state index in [9.17, 15) is 0 Å². The fourth-order valence-corrected chi connectivity index (χ4v) is 3.91. The fraction of sp³-hybridized carbons (Fsp3) is 0.304. The Labute approximate surface area is 209 Å². The molecule has 7 nitrogen and oxygen atoms in total. The normalized spacial score (nSPS) is 13.0. The number of nitrogens with one attached hydrogen (secondary N) is 2. The second kappa shape index (κ2) is 11.9. The first-order valence-electron chi connectivity index (χ1n) is 10.3. The number of aliphatic imine (C=N–C) groups is 1. The van der Waals surface area contributed by atoms with Gasteiger partial charge >= 0.3 is 0 Å². The zero-order valence-corrected chi connectivity index (χ0v) is 21.2. The highest BCUT2D eigenvalue weighted by Crippen LogP contribution is 2.32. The lowest BCUT2D eigenvalue weighted by Crippen LogP contribution is -2.30. The molecule has 4 rings (SSSR count). The molecule has 0 saturated carbocycles. The molecule has 0 atom stereocenters. The first kappa shape index (κ1) is 24.1. The van der Waals surface area contributed by atoms with Crippen LogP contribution in [0.1, 0.15) is 19.0 Å². The highest BCUT2D eigenvalue weighted by atomic mass is 127. The SMILES string of the molecule is CCNC(=NCc1csc(-c2ccc(OC)cc2)n1)Nc1ccc2c(c1)OCCCO2.I. The molecule has 3 aromatic rings. The van der Waals surface area contributed by atoms with E-state index in [4.69, 9.17) is 24.2 Å². The van der Waals surface area contributed by atoms with Crippen LogP contribution < -0.4 is 24.8 Å². The average Bonchev–Trinajstić information content (AvgIpc) is 3.15. The van der Waals surface area contributed by atoms with E-state index in [1.807, 2.05) is 54.8 Å². The van der Waals surface area contributed by atoms with Gasteiger partial charge in [0.15, 0.2) is 17.5 Å². The fourth-order valence-electron chi connectivity index (χ4n) is 3.09. The summed E-state index contributed by atoms with van der Waals surface area (Å²) in [6.07, 6.45) is 0.883. The molecule has 2 N–H and O–H groups in total. The van der Waals surface area contributed by atoms with E-state index in [2.05, 4.69) is 10.6 Å². The topological polar surface area (TPSA) is 77.0 Å². The number of methoxy groups -OCH3 is 1. The molecule has 0 bridgehead atoms. The van der Waals surface area contributed by atoms with Crippen molar-refractivity contribution in [1.29, 1.82) is 0 Å². The van der Waals surface area contributed by atoms with Gasteiger partial charge in [0.2, 0.25) is 0 Å². The van der Waals surface area contributed by atoms with Gasteiger partial charge in [0.1, 0.15) is 10.8 Å². The minimum Gasteiger partial charge on any atom is -0.497 e. The summed E-state index contributed by atoms with van der Waals surface area (Å²) in [5.74, 6) is 3.05. The van der Waals surface area contributed by atoms with Crippen LogP contribution in [0.25, 0.3) is 10.6 Å². The number of halogens is 1. The van der Waals surface area contributed by atoms with E-state index in [0.717, 1.165) is 52.2 Å². The predicted octanol–water partition coefficient (Wildman–Crippen LogP) is 5.18. The Morgan fingerprint density at radius 2 is 1.91 bits per heavy atom. The van der Waals surface area contributed by atoms with Gasteiger partial charge in [-0.2, -0.15) is 0 Å². The van der Waals surface area contributed by atoms with Crippen LogP contribution in [0.15, 0.2) is 52.8 Å². The second-order valence-electron chi connectivity index (χ2n) is 6.90. The van der Waals surface area contributed by atoms with Crippen LogP contribution >= 0.6 is 35.3 Å². The maximum absolute atomic E-state index is 5.78. The van der Waals surface area contributed by atoms with Crippen molar-refractivity contribution in [2.24, 2.45) is 4.99 Å². The van der Waals surface area contributed by atoms with Crippen LogP contribution in [0, 0.1) is 0 Å². The van der Waals surface area contributed by atoms with E-state index in [1.165, 1.54) is 0 Å². The van der Waals surface area contributed by atoms with Gasteiger partial charge in [-0.15, -0.1) is 35.3 Å². The third kappa shape index (κ3) is 6.26. The minimum atomic E-state index is 0. The second-order valence-corrected chi connectivity index (χ2v) is 7.76. The molecule has 0 radical (unpaired) electrons. The summed E-state index contributed by atoms with van der Waals surface area (Å²) < 4.78 is 16.7. The quantitative estimate of drug-likeness (QED) is 0.244. The molecule has 1 aliphatic rings. The van der Waals surface area contributed by atoms with Gasteiger partial charge in [0.25, 0.3) is 0 Å². The summed E-state index contributed by atoms with van der Waals surface area (Å²) in [7, 11) is 1.66. The number of hydrogen-bond donors (Lipinski definition) is 2. The van der Waals surface area contributed by atoms with Gasteiger partial charge in [-0.1, -0.05) is 0 Å². The number of ether oxygens (including phenoxy) is 3. The molecule has 0 aliphatic carbocycles. The summed E-state index contributed by atoms with van der Waals surface area (Å²) in [5.41, 5.74) is 2.88. The van der Waals surface area contributed by atoms with E-state index < -0.39 is 0 Å². The van der Waals surface area contributed by atoms with Crippen molar-refractivity contribution in [3.05, 3.63) is 53.5 Å². The Balaban J connectivity index is 0.00000289. The van der Waals surface area contributed by atoms with Crippen molar-refractivity contribution in [3.63, 3.8) is 0 Å². The molecule has 170 valence electrons. The van der Waals surface area contributed by atoms with E-state index >= 15 is 0 Å². The number of guanidine groups is 1. The molecule has 0 spiro atoms. The molecule has 0 unspecified atom stereocenters. The number of benzene rings is 2. The van der Waals surface area contributed by atoms with Crippen molar-refractivity contribution in [1.82, 2.24) is 10.3 Å². The molecule has 2 aromatic carbocycles. The highest BCUT2D eigenvalue weighted by Gasteiger charge is 2.11. The molecule has 2 heterocycles. The predicted molar refractivity (Wildman–Crippen MR) is 140 cm³/mol. The van der Waals surface area contributed by atoms with Crippen LogP contribution in [0.5, 0.6) is 17.2 Å². The average molecular weight is 566 g/mol. The molecular weight excluding hydrogens is 539 g/mol. The zero-order valence-electron chi connectivity index (χ0n) is 18.1. The van der Waals surface area contributed by atoms with Crippen LogP contribution in [0.3, 0.4) is 0 Å². The van der Waals surface area contributed by atoms with Gasteiger partial charge in [0.05, 0.1) is 32.6 Å². The Morgan fingerprint density at radius 1 is 1.12 bits per heavy atom. The van der Waals surface area contributed by atoms with Gasteiger partial charge in [-0.3, -0.25) is 0 Å². The third-order valence-electron chi connectivity index (χ3n) is 4.64. The van der Waals surface area contributed by atoms with Crippen molar-refractivity contribution < 1.29 is 14.2 Å². The first-order valence-corrected chi connectivity index (χ1v) is 11.2. The van der Waals surface area contributed by atoms with Crippen LogP contribution in [0.4, 0.5) is 5.69 Å². The van der Waals surface area contributed by atoms with Gasteiger partial charge in [0, 0.05) is 35.7 Å². The van der Waals surface area contributed by atoms with Crippen molar-refractivity contribution in [2.75, 3.05) is 32.2 Å². The summed E-state index contributed by atoms with van der Waals surface area (Å²) in [5, 5.41) is 9.62. The first-order chi connectivity index (χ1) is 15.2. The van der Waals surface area contributed by atoms with Crippen LogP contribution in [-0.2, 0) is 6.54 Å². The molecule has 1 aromatic heterocycles. The van der Waals surface area contributed by atoms with Crippen LogP contribution in [-0.4, -0.2) is 37.8 Å². The summed E-state index contributed by atoms with van der Waals surface area (Å²) in [4.78, 5) is 9.41. The number of thiazole rings is 1. The molecule has 9 heteroatoms. The lowest BCUT2D eigenvalue weighted by atomic mass is 10.2. The van der Waals surface area contributed by atoms with Crippen molar-refractivity contribution in [2.45, 2.75) is 19.9 Å². The number of nitrogens with zero attached hydrogens (tertiary/aromatic N) is 2. The van der Waals surface area contributed by atoms with Gasteiger partial charge in [-0.05, 0) is 43.3 Å². The standard InChI is InChI=1S/C23H26N4O3S.HI/c1-3-24-23(27-17-7-10-20-21(13-17)30-12-4-11-29-20)25-14-18-15-31-22(26-18)16-5-8-19(28-2)9-6-16;/h5-10,13,15H,3-4,11-12,14H2,1-2H3,(H2,24,25,27);1H. The largest absolute Gasteiger partial charge is 0.497 e. The number of hydrogen-bond acceptors (Lipinski definition) is 6. The maximum atomic E-state index is 5.78. The zero-order chi connectivity index (χ0) is 21.5. The molecule has 0 saturated heterocycles. The smallest absolute Gasteiger partial charge is 0.196 e. The number of anilines is 1. The van der Waals surface area contributed by atoms with E-state index in [1.54, 1.807) is 18.4 Å². The third-order valence-corrected chi connectivity index (χ3v) is 5.58. The van der Waals surface area contributed by atoms with Gasteiger partial charge < -0.3 is 24.8 Å². The Bertz CT molecular complexity index is 1040. The monoisotopic (exact) mass is 566 g/mol. The number of rotatable bonds is 6. The molecule has 0 amide bonds. The summed E-state index contributed by atoms with van der Waals surface area (Å²) in [6.45, 7) is 4.61. The van der Waals surface area contributed by atoms with Crippen molar-refractivity contribution >= 4 is 47.0 Å². The molecular formula is C23H27IN4O3S. The molecule has 0 fully saturated rings.